The van der Waals surface area contributed by atoms with E-state index in [1.165, 1.54) is 24.8 Å². The van der Waals surface area contributed by atoms with Gasteiger partial charge in [-0.3, -0.25) is 0 Å². The fraction of sp³-hybridized carbons (Fsp3) is 0.538. The van der Waals surface area contributed by atoms with E-state index in [1.54, 1.807) is 0 Å². The van der Waals surface area contributed by atoms with Gasteiger partial charge in [0.05, 0.1) is 6.10 Å². The van der Waals surface area contributed by atoms with E-state index in [4.69, 9.17) is 0 Å². The number of aliphatic hydroxyl groups is 1. The van der Waals surface area contributed by atoms with E-state index in [-0.39, 0.29) is 6.10 Å². The zero-order valence-corrected chi connectivity index (χ0v) is 10.6. The molecule has 0 aliphatic heterocycles. The van der Waals surface area contributed by atoms with Crippen LogP contribution in [0.25, 0.3) is 0 Å². The molecule has 1 aliphatic rings. The van der Waals surface area contributed by atoms with Crippen LogP contribution in [0.15, 0.2) is 22.7 Å². The number of rotatable bonds is 3. The molecule has 2 heteroatoms. The first-order valence-corrected chi connectivity index (χ1v) is 6.39. The van der Waals surface area contributed by atoms with Crippen LogP contribution in [0.5, 0.6) is 0 Å². The van der Waals surface area contributed by atoms with Crippen LogP contribution in [0.4, 0.5) is 0 Å². The summed E-state index contributed by atoms with van der Waals surface area (Å²) in [6.07, 6.45) is 4.57. The van der Waals surface area contributed by atoms with Gasteiger partial charge in [0.25, 0.3) is 0 Å². The lowest BCUT2D eigenvalue weighted by atomic mass is 9.80. The molecule has 0 aromatic heterocycles. The Morgan fingerprint density at radius 1 is 1.40 bits per heavy atom. The molecule has 0 heterocycles. The first kappa shape index (κ1) is 11.2. The van der Waals surface area contributed by atoms with Crippen molar-refractivity contribution in [3.63, 3.8) is 0 Å². The average molecular weight is 269 g/mol. The zero-order chi connectivity index (χ0) is 10.8. The van der Waals surface area contributed by atoms with Gasteiger partial charge in [-0.05, 0) is 42.5 Å². The lowest BCUT2D eigenvalue weighted by molar-refractivity contribution is 0.118. The van der Waals surface area contributed by atoms with E-state index in [2.05, 4.69) is 35.0 Å². The summed E-state index contributed by atoms with van der Waals surface area (Å²) < 4.78 is 1.06. The summed E-state index contributed by atoms with van der Waals surface area (Å²) in [6.45, 7) is 2.06. The zero-order valence-electron chi connectivity index (χ0n) is 9.04. The Morgan fingerprint density at radius 3 is 2.67 bits per heavy atom. The molecule has 1 nitrogen and oxygen atoms in total. The van der Waals surface area contributed by atoms with E-state index in [0.29, 0.717) is 0 Å². The van der Waals surface area contributed by atoms with E-state index >= 15 is 0 Å². The lowest BCUT2D eigenvalue weighted by Crippen LogP contribution is -2.14. The third kappa shape index (κ3) is 2.82. The maximum absolute atomic E-state index is 10.1. The molecule has 1 saturated carbocycles. The highest BCUT2D eigenvalue weighted by Gasteiger charge is 2.21. The highest BCUT2D eigenvalue weighted by Crippen LogP contribution is 2.35. The minimum absolute atomic E-state index is 0.286. The number of hydrogen-bond acceptors (Lipinski definition) is 1. The van der Waals surface area contributed by atoms with Crippen LogP contribution in [-0.2, 0) is 0 Å². The van der Waals surface area contributed by atoms with Gasteiger partial charge in [0.2, 0.25) is 0 Å². The number of halogens is 1. The van der Waals surface area contributed by atoms with Crippen LogP contribution < -0.4 is 0 Å². The lowest BCUT2D eigenvalue weighted by Gasteiger charge is -2.27. The molecule has 0 radical (unpaired) electrons. The summed E-state index contributed by atoms with van der Waals surface area (Å²) in [5.41, 5.74) is 2.25. The fourth-order valence-electron chi connectivity index (χ4n) is 2.14. The second kappa shape index (κ2) is 4.67. The molecule has 0 bridgehead atoms. The number of aryl methyl sites for hydroxylation is 1. The van der Waals surface area contributed by atoms with Crippen molar-refractivity contribution in [3.05, 3.63) is 33.8 Å². The topological polar surface area (TPSA) is 20.2 Å². The minimum Gasteiger partial charge on any atom is -0.388 e. The average Bonchev–Trinajstić information content (AvgIpc) is 2.09. The Hall–Kier alpha value is -0.340. The van der Waals surface area contributed by atoms with E-state index in [9.17, 15) is 5.11 Å². The Balaban J connectivity index is 2.06. The third-order valence-electron chi connectivity index (χ3n) is 3.23. The Bertz CT molecular complexity index is 324. The predicted octanol–water partition coefficient (Wildman–Crippen LogP) is 3.98. The van der Waals surface area contributed by atoms with Crippen molar-refractivity contribution in [2.75, 3.05) is 0 Å². The van der Waals surface area contributed by atoms with Gasteiger partial charge in [-0.2, -0.15) is 0 Å². The predicted molar refractivity (Wildman–Crippen MR) is 65.8 cm³/mol. The van der Waals surface area contributed by atoms with Gasteiger partial charge in [0.1, 0.15) is 0 Å². The molecule has 0 amide bonds. The normalized spacial score (nSPS) is 18.6. The Kier molecular flexibility index (Phi) is 3.47. The molecule has 82 valence electrons. The number of hydrogen-bond donors (Lipinski definition) is 1. The van der Waals surface area contributed by atoms with E-state index in [0.717, 1.165) is 22.4 Å². The second-order valence-electron chi connectivity index (χ2n) is 4.61. The van der Waals surface area contributed by atoms with Crippen LogP contribution >= 0.6 is 15.9 Å². The van der Waals surface area contributed by atoms with Crippen molar-refractivity contribution in [1.82, 2.24) is 0 Å². The molecule has 1 aromatic rings. The van der Waals surface area contributed by atoms with E-state index in [1.807, 2.05) is 6.07 Å². The number of benzene rings is 1. The maximum Gasteiger partial charge on any atom is 0.0793 e. The molecular formula is C13H17BrO. The molecule has 1 unspecified atom stereocenters. The van der Waals surface area contributed by atoms with Crippen molar-refractivity contribution in [1.29, 1.82) is 0 Å². The van der Waals surface area contributed by atoms with Crippen molar-refractivity contribution in [3.8, 4) is 0 Å². The largest absolute Gasteiger partial charge is 0.388 e. The standard InChI is InChI=1S/C13H17BrO/c1-9-5-11(8-12(14)6-9)13(15)7-10-3-2-4-10/h5-6,8,10,13,15H,2-4,7H2,1H3. The van der Waals surface area contributed by atoms with Gasteiger partial charge in [0, 0.05) is 4.47 Å². The summed E-state index contributed by atoms with van der Waals surface area (Å²) in [7, 11) is 0. The molecular weight excluding hydrogens is 252 g/mol. The van der Waals surface area contributed by atoms with Gasteiger partial charge in [0.15, 0.2) is 0 Å². The molecule has 15 heavy (non-hydrogen) atoms. The summed E-state index contributed by atoms with van der Waals surface area (Å²) in [5.74, 6) is 0.749. The molecule has 1 N–H and O–H groups in total. The molecule has 1 fully saturated rings. The molecule has 1 aromatic carbocycles. The maximum atomic E-state index is 10.1. The van der Waals surface area contributed by atoms with Gasteiger partial charge >= 0.3 is 0 Å². The molecule has 0 saturated heterocycles. The molecule has 2 rings (SSSR count). The van der Waals surface area contributed by atoms with Gasteiger partial charge in [-0.25, -0.2) is 0 Å². The van der Waals surface area contributed by atoms with Crippen LogP contribution in [-0.4, -0.2) is 5.11 Å². The number of aliphatic hydroxyl groups excluding tert-OH is 1. The van der Waals surface area contributed by atoms with Crippen LogP contribution in [0.1, 0.15) is 42.9 Å². The highest BCUT2D eigenvalue weighted by atomic mass is 79.9. The smallest absolute Gasteiger partial charge is 0.0793 e. The van der Waals surface area contributed by atoms with Crippen LogP contribution in [0.3, 0.4) is 0 Å². The summed E-state index contributed by atoms with van der Waals surface area (Å²) in [5, 5.41) is 10.1. The Labute approximate surface area is 99.6 Å². The van der Waals surface area contributed by atoms with Crippen LogP contribution in [0.2, 0.25) is 0 Å². The summed E-state index contributed by atoms with van der Waals surface area (Å²) in [4.78, 5) is 0. The van der Waals surface area contributed by atoms with E-state index < -0.39 is 0 Å². The van der Waals surface area contributed by atoms with Crippen molar-refractivity contribution < 1.29 is 5.11 Å². The third-order valence-corrected chi connectivity index (χ3v) is 3.69. The quantitative estimate of drug-likeness (QED) is 0.879. The fourth-order valence-corrected chi connectivity index (χ4v) is 2.76. The SMILES string of the molecule is Cc1cc(Br)cc(C(O)CC2CCC2)c1. The van der Waals surface area contributed by atoms with Crippen molar-refractivity contribution in [2.45, 2.75) is 38.7 Å². The van der Waals surface area contributed by atoms with Crippen molar-refractivity contribution >= 4 is 15.9 Å². The monoisotopic (exact) mass is 268 g/mol. The highest BCUT2D eigenvalue weighted by molar-refractivity contribution is 9.10. The molecule has 0 spiro atoms. The van der Waals surface area contributed by atoms with Gasteiger partial charge in [-0.15, -0.1) is 0 Å². The van der Waals surface area contributed by atoms with Crippen LogP contribution in [0, 0.1) is 12.8 Å². The second-order valence-corrected chi connectivity index (χ2v) is 5.53. The summed E-state index contributed by atoms with van der Waals surface area (Å²) in [6, 6.07) is 6.17. The molecule has 1 aliphatic carbocycles. The minimum atomic E-state index is -0.286. The Morgan fingerprint density at radius 2 is 2.13 bits per heavy atom. The van der Waals surface area contributed by atoms with Gasteiger partial charge < -0.3 is 5.11 Å². The first-order chi connectivity index (χ1) is 7.15. The molecule has 1 atom stereocenters. The summed E-state index contributed by atoms with van der Waals surface area (Å²) >= 11 is 3.47. The van der Waals surface area contributed by atoms with Crippen molar-refractivity contribution in [2.24, 2.45) is 5.92 Å². The first-order valence-electron chi connectivity index (χ1n) is 5.60. The van der Waals surface area contributed by atoms with Gasteiger partial charge in [-0.1, -0.05) is 41.3 Å².